The topological polar surface area (TPSA) is 119 Å². The quantitative estimate of drug-likeness (QED) is 0.0978. The van der Waals surface area contributed by atoms with Crippen molar-refractivity contribution in [2.75, 3.05) is 35.4 Å². The van der Waals surface area contributed by atoms with Crippen molar-refractivity contribution in [3.8, 4) is 5.75 Å². The van der Waals surface area contributed by atoms with Crippen LogP contribution in [0.15, 0.2) is 72.8 Å². The lowest BCUT2D eigenvalue weighted by molar-refractivity contribution is -0.196. The molecule has 0 fully saturated rings. The fourth-order valence-corrected chi connectivity index (χ4v) is 4.26. The molecular formula is C33H41F3N5O4+. The molecule has 0 aliphatic rings. The number of amides is 1. The highest BCUT2D eigenvalue weighted by Gasteiger charge is 2.40. The summed E-state index contributed by atoms with van der Waals surface area (Å²) in [6.07, 6.45) is -4.85. The molecule has 3 aromatic carbocycles. The van der Waals surface area contributed by atoms with Crippen LogP contribution in [0.4, 0.5) is 18.9 Å². The number of carbonyl (C=O) groups excluding carboxylic acids is 2. The number of hydrogen-bond acceptors (Lipinski definition) is 5. The number of quaternary nitrogens is 1. The Morgan fingerprint density at radius 1 is 0.933 bits per heavy atom. The van der Waals surface area contributed by atoms with E-state index in [1.165, 1.54) is 5.69 Å². The molecular weight excluding hydrogens is 587 g/mol. The number of nitrogens with two attached hydrogens (primary N) is 1. The molecule has 0 saturated heterocycles. The zero-order valence-electron chi connectivity index (χ0n) is 26.6. The number of methoxy groups -OCH3 is 2. The van der Waals surface area contributed by atoms with Gasteiger partial charge in [0.15, 0.2) is 0 Å². The van der Waals surface area contributed by atoms with Crippen LogP contribution in [0, 0.1) is 5.41 Å². The summed E-state index contributed by atoms with van der Waals surface area (Å²) in [5.74, 6) is -1.61. The number of esters is 1. The Labute approximate surface area is 261 Å². The number of carbonyl (C=O) groups is 2. The summed E-state index contributed by atoms with van der Waals surface area (Å²) in [6.45, 7) is 4.88. The van der Waals surface area contributed by atoms with Gasteiger partial charge in [-0.1, -0.05) is 50.2 Å². The molecule has 242 valence electrons. The van der Waals surface area contributed by atoms with Gasteiger partial charge in [0, 0.05) is 24.0 Å². The molecule has 0 unspecified atom stereocenters. The van der Waals surface area contributed by atoms with E-state index in [4.69, 9.17) is 15.9 Å². The molecule has 4 N–H and O–H groups in total. The Kier molecular flexibility index (Phi) is 12.7. The maximum absolute atomic E-state index is 13.4. The van der Waals surface area contributed by atoms with E-state index < -0.39 is 12.1 Å². The highest BCUT2D eigenvalue weighted by molar-refractivity contribution is 6.00. The SMILES string of the molecule is CC.COC(=O)C(F)(F)F.COc1cccc2c1cc(C(=O)NCc1ccc([N+](C)(C)C)cc1)n2Cc1cccc(C(=N)N)c1. The van der Waals surface area contributed by atoms with Crippen molar-refractivity contribution in [1.29, 1.82) is 5.41 Å². The van der Waals surface area contributed by atoms with Crippen LogP contribution < -0.4 is 20.3 Å². The first-order chi connectivity index (χ1) is 21.1. The van der Waals surface area contributed by atoms with E-state index in [1.807, 2.05) is 73.0 Å². The highest BCUT2D eigenvalue weighted by atomic mass is 19.4. The number of hydrogen-bond donors (Lipinski definition) is 3. The number of alkyl halides is 3. The van der Waals surface area contributed by atoms with Gasteiger partial charge in [0.1, 0.15) is 23.0 Å². The summed E-state index contributed by atoms with van der Waals surface area (Å²) < 4.78 is 44.5. The summed E-state index contributed by atoms with van der Waals surface area (Å²) in [6, 6.07) is 23.5. The van der Waals surface area contributed by atoms with Crippen LogP contribution in [-0.2, 0) is 22.6 Å². The average molecular weight is 629 g/mol. The number of amidine groups is 1. The van der Waals surface area contributed by atoms with Gasteiger partial charge >= 0.3 is 12.1 Å². The van der Waals surface area contributed by atoms with E-state index in [1.54, 1.807) is 13.2 Å². The lowest BCUT2D eigenvalue weighted by Crippen LogP contribution is -2.34. The third-order valence-corrected chi connectivity index (χ3v) is 6.52. The minimum atomic E-state index is -4.85. The fourth-order valence-electron chi connectivity index (χ4n) is 4.26. The van der Waals surface area contributed by atoms with Gasteiger partial charge in [0.25, 0.3) is 5.91 Å². The molecule has 4 aromatic rings. The van der Waals surface area contributed by atoms with E-state index in [2.05, 4.69) is 43.3 Å². The molecule has 1 heterocycles. The maximum Gasteiger partial charge on any atom is 0.490 e. The van der Waals surface area contributed by atoms with Gasteiger partial charge in [-0.05, 0) is 47.5 Å². The first kappa shape index (κ1) is 36.4. The molecule has 12 heteroatoms. The number of benzene rings is 3. The molecule has 9 nitrogen and oxygen atoms in total. The third-order valence-electron chi connectivity index (χ3n) is 6.52. The van der Waals surface area contributed by atoms with Crippen molar-refractivity contribution < 1.29 is 32.2 Å². The van der Waals surface area contributed by atoms with Crippen molar-refractivity contribution in [2.45, 2.75) is 33.1 Å². The Balaban J connectivity index is 0.000000615. The first-order valence-corrected chi connectivity index (χ1v) is 14.1. The van der Waals surface area contributed by atoms with Crippen LogP contribution in [-0.4, -0.2) is 63.8 Å². The number of nitrogens with zero attached hydrogens (tertiary/aromatic N) is 2. The van der Waals surface area contributed by atoms with Gasteiger partial charge in [-0.15, -0.1) is 0 Å². The number of fused-ring (bicyclic) bond motifs is 1. The number of ether oxygens (including phenoxy) is 2. The van der Waals surface area contributed by atoms with Crippen LogP contribution in [0.2, 0.25) is 0 Å². The Morgan fingerprint density at radius 3 is 2.07 bits per heavy atom. The minimum absolute atomic E-state index is 0.0140. The zero-order chi connectivity index (χ0) is 33.9. The van der Waals surface area contributed by atoms with Crippen LogP contribution in [0.1, 0.15) is 41.0 Å². The molecule has 45 heavy (non-hydrogen) atoms. The van der Waals surface area contributed by atoms with Crippen LogP contribution in [0.3, 0.4) is 0 Å². The highest BCUT2D eigenvalue weighted by Crippen LogP contribution is 2.30. The molecule has 1 aromatic heterocycles. The van der Waals surface area contributed by atoms with E-state index in [-0.39, 0.29) is 11.7 Å². The summed E-state index contributed by atoms with van der Waals surface area (Å²) in [5, 5.41) is 11.7. The van der Waals surface area contributed by atoms with Crippen molar-refractivity contribution in [1.82, 2.24) is 14.4 Å². The van der Waals surface area contributed by atoms with Gasteiger partial charge in [-0.25, -0.2) is 4.79 Å². The van der Waals surface area contributed by atoms with Gasteiger partial charge in [-0.2, -0.15) is 13.2 Å². The number of nitrogen functional groups attached to an aromatic ring is 1. The molecule has 1 amide bonds. The number of rotatable bonds is 8. The lowest BCUT2D eigenvalue weighted by Gasteiger charge is -2.23. The van der Waals surface area contributed by atoms with E-state index in [9.17, 15) is 22.8 Å². The predicted molar refractivity (Wildman–Crippen MR) is 172 cm³/mol. The summed E-state index contributed by atoms with van der Waals surface area (Å²) >= 11 is 0. The number of aromatic nitrogens is 1. The van der Waals surface area contributed by atoms with Crippen molar-refractivity contribution in [3.05, 3.63) is 95.2 Å². The van der Waals surface area contributed by atoms with E-state index >= 15 is 0 Å². The monoisotopic (exact) mass is 628 g/mol. The lowest BCUT2D eigenvalue weighted by atomic mass is 10.1. The molecule has 0 spiro atoms. The van der Waals surface area contributed by atoms with Gasteiger partial charge < -0.3 is 25.1 Å². The molecule has 0 saturated carbocycles. The van der Waals surface area contributed by atoms with Crippen LogP contribution in [0.5, 0.6) is 5.75 Å². The average Bonchev–Trinajstić information content (AvgIpc) is 3.38. The molecule has 4 rings (SSSR count). The normalized spacial score (nSPS) is 11.0. The molecule has 0 bridgehead atoms. The second kappa shape index (κ2) is 15.8. The zero-order valence-corrected chi connectivity index (χ0v) is 26.6. The Hall–Kier alpha value is -4.84. The van der Waals surface area contributed by atoms with Gasteiger partial charge in [0.2, 0.25) is 0 Å². The molecule has 0 aliphatic carbocycles. The Bertz CT molecular complexity index is 1610. The second-order valence-electron chi connectivity index (χ2n) is 10.5. The molecule has 0 radical (unpaired) electrons. The van der Waals surface area contributed by atoms with E-state index in [0.717, 1.165) is 26.5 Å². The molecule has 0 atom stereocenters. The number of halogens is 3. The van der Waals surface area contributed by atoms with Crippen molar-refractivity contribution >= 4 is 34.3 Å². The standard InChI is InChI=1S/C28H31N5O2.C3H3F3O2.C2H6/c1-33(2,3)22-13-11-19(12-14-22)17-31-28(34)25-16-23-24(9-6-10-26(23)35-4)32(25)18-20-7-5-8-21(15-20)27(29)30;1-8-2(7)3(4,5)6;1-2/h5-16H,17-18H2,1-4H3,(H3-,29,30,31,34);1H3;1-2H3/p+1. The van der Waals surface area contributed by atoms with E-state index in [0.29, 0.717) is 37.2 Å². The third kappa shape index (κ3) is 9.83. The van der Waals surface area contributed by atoms with Crippen molar-refractivity contribution in [3.63, 3.8) is 0 Å². The smallest absolute Gasteiger partial charge is 0.490 e. The molecule has 0 aliphatic heterocycles. The largest absolute Gasteiger partial charge is 0.496 e. The summed E-state index contributed by atoms with van der Waals surface area (Å²) in [7, 11) is 8.67. The minimum Gasteiger partial charge on any atom is -0.496 e. The van der Waals surface area contributed by atoms with Gasteiger partial charge in [-0.3, -0.25) is 14.7 Å². The predicted octanol–water partition coefficient (Wildman–Crippen LogP) is 5.86. The summed E-state index contributed by atoms with van der Waals surface area (Å²) in [5.41, 5.74) is 11.0. The summed E-state index contributed by atoms with van der Waals surface area (Å²) in [4.78, 5) is 22.9. The van der Waals surface area contributed by atoms with Crippen LogP contribution in [0.25, 0.3) is 10.9 Å². The fraction of sp³-hybridized carbons (Fsp3) is 0.303. The maximum atomic E-state index is 13.4. The number of nitrogens with one attached hydrogen (secondary N) is 2. The first-order valence-electron chi connectivity index (χ1n) is 14.1. The van der Waals surface area contributed by atoms with Crippen LogP contribution >= 0.6 is 0 Å². The van der Waals surface area contributed by atoms with Crippen molar-refractivity contribution in [2.24, 2.45) is 5.73 Å². The second-order valence-corrected chi connectivity index (χ2v) is 10.5. The van der Waals surface area contributed by atoms with Gasteiger partial charge in [0.05, 0.1) is 40.9 Å². The Morgan fingerprint density at radius 2 is 1.56 bits per heavy atom.